The zero-order valence-corrected chi connectivity index (χ0v) is 9.63. The number of benzene rings is 1. The molecule has 1 aromatic rings. The van der Waals surface area contributed by atoms with Gasteiger partial charge in [0.25, 0.3) is 0 Å². The van der Waals surface area contributed by atoms with E-state index in [-0.39, 0.29) is 4.90 Å². The average Bonchev–Trinajstić information content (AvgIpc) is 2.30. The minimum atomic E-state index is -3.55. The fraction of sp³-hybridized carbons (Fsp3) is 0.455. The molecule has 1 radical (unpaired) electrons. The van der Waals surface area contributed by atoms with Crippen LogP contribution < -0.4 is 0 Å². The van der Waals surface area contributed by atoms with Gasteiger partial charge in [-0.2, -0.15) is 4.31 Å². The Labute approximate surface area is 94.9 Å². The topological polar surface area (TPSA) is 37.4 Å². The maximum Gasteiger partial charge on any atom is 0.243 e. The van der Waals surface area contributed by atoms with E-state index in [4.69, 9.17) is 0 Å². The van der Waals surface area contributed by atoms with Crippen molar-refractivity contribution in [3.8, 4) is 0 Å². The molecule has 0 aromatic heterocycles. The molecule has 1 aliphatic heterocycles. The average molecular weight is 242 g/mol. The maximum absolute atomic E-state index is 13.0. The van der Waals surface area contributed by atoms with E-state index in [1.807, 2.05) is 0 Å². The van der Waals surface area contributed by atoms with Crippen molar-refractivity contribution in [3.63, 3.8) is 0 Å². The maximum atomic E-state index is 13.0. The lowest BCUT2D eigenvalue weighted by molar-refractivity contribution is 0.346. The van der Waals surface area contributed by atoms with Gasteiger partial charge in [0.15, 0.2) is 0 Å². The van der Waals surface area contributed by atoms with Crippen LogP contribution in [-0.4, -0.2) is 25.8 Å². The van der Waals surface area contributed by atoms with Gasteiger partial charge < -0.3 is 0 Å². The van der Waals surface area contributed by atoms with Crippen molar-refractivity contribution < 1.29 is 12.8 Å². The number of hydrogen-bond donors (Lipinski definition) is 0. The van der Waals surface area contributed by atoms with E-state index < -0.39 is 15.8 Å². The summed E-state index contributed by atoms with van der Waals surface area (Å²) in [7, 11) is -3.55. The second-order valence-electron chi connectivity index (χ2n) is 3.84. The van der Waals surface area contributed by atoms with E-state index >= 15 is 0 Å². The van der Waals surface area contributed by atoms with E-state index in [2.05, 4.69) is 6.07 Å². The molecule has 3 nitrogen and oxygen atoms in total. The van der Waals surface area contributed by atoms with Crippen LogP contribution in [0.4, 0.5) is 4.39 Å². The Kier molecular flexibility index (Phi) is 3.25. The first kappa shape index (κ1) is 11.5. The molecule has 1 saturated heterocycles. The molecule has 5 heteroatoms. The van der Waals surface area contributed by atoms with Crippen LogP contribution in [0.2, 0.25) is 0 Å². The normalized spacial score (nSPS) is 18.6. The molecule has 1 aromatic carbocycles. The number of sulfonamides is 1. The third-order valence-electron chi connectivity index (χ3n) is 2.67. The Hall–Kier alpha value is -0.940. The fourth-order valence-corrected chi connectivity index (χ4v) is 3.31. The quantitative estimate of drug-likeness (QED) is 0.793. The first-order chi connectivity index (χ1) is 7.60. The van der Waals surface area contributed by atoms with Gasteiger partial charge in [0.2, 0.25) is 10.0 Å². The SMILES string of the molecule is O=S(=O)(c1[c]ccc(F)c1)N1CCCCC1. The zero-order valence-electron chi connectivity index (χ0n) is 8.82. The molecule has 1 fully saturated rings. The third-order valence-corrected chi connectivity index (χ3v) is 4.51. The van der Waals surface area contributed by atoms with Crippen LogP contribution >= 0.6 is 0 Å². The van der Waals surface area contributed by atoms with Crippen LogP contribution in [-0.2, 0) is 10.0 Å². The number of nitrogens with zero attached hydrogens (tertiary/aromatic N) is 1. The van der Waals surface area contributed by atoms with E-state index in [1.165, 1.54) is 16.4 Å². The summed E-state index contributed by atoms with van der Waals surface area (Å²) in [5.41, 5.74) is 0. The number of halogens is 1. The van der Waals surface area contributed by atoms with Crippen molar-refractivity contribution in [2.24, 2.45) is 0 Å². The summed E-state index contributed by atoms with van der Waals surface area (Å²) < 4.78 is 38.5. The van der Waals surface area contributed by atoms with Gasteiger partial charge >= 0.3 is 0 Å². The molecule has 0 N–H and O–H groups in total. The largest absolute Gasteiger partial charge is 0.243 e. The molecule has 2 rings (SSSR count). The first-order valence-corrected chi connectivity index (χ1v) is 6.72. The minimum absolute atomic E-state index is 0.0746. The lowest BCUT2D eigenvalue weighted by Crippen LogP contribution is -2.35. The molecule has 0 amide bonds. The monoisotopic (exact) mass is 242 g/mol. The molecule has 0 bridgehead atoms. The van der Waals surface area contributed by atoms with Crippen LogP contribution in [0.5, 0.6) is 0 Å². The predicted octanol–water partition coefficient (Wildman–Crippen LogP) is 1.80. The lowest BCUT2D eigenvalue weighted by Gasteiger charge is -2.25. The van der Waals surface area contributed by atoms with Crippen molar-refractivity contribution in [2.75, 3.05) is 13.1 Å². The van der Waals surface area contributed by atoms with Crippen LogP contribution in [0.15, 0.2) is 23.1 Å². The van der Waals surface area contributed by atoms with Gasteiger partial charge in [-0.3, -0.25) is 0 Å². The van der Waals surface area contributed by atoms with Gasteiger partial charge in [0.05, 0.1) is 4.90 Å². The van der Waals surface area contributed by atoms with E-state index in [1.54, 1.807) is 0 Å². The standard InChI is InChI=1S/C11H13FNO2S/c12-10-5-4-6-11(9-10)16(14,15)13-7-2-1-3-8-13/h4-5,9H,1-3,7-8H2. The highest BCUT2D eigenvalue weighted by Crippen LogP contribution is 2.20. The number of hydrogen-bond acceptors (Lipinski definition) is 2. The molecular weight excluding hydrogens is 229 g/mol. The molecule has 1 aliphatic rings. The third kappa shape index (κ3) is 2.25. The van der Waals surface area contributed by atoms with Crippen LogP contribution in [0.25, 0.3) is 0 Å². The molecule has 87 valence electrons. The highest BCUT2D eigenvalue weighted by atomic mass is 32.2. The second-order valence-corrected chi connectivity index (χ2v) is 5.74. The van der Waals surface area contributed by atoms with Crippen LogP contribution in [0, 0.1) is 11.9 Å². The molecule has 1 heterocycles. The summed E-state index contributed by atoms with van der Waals surface area (Å²) in [4.78, 5) is -0.0746. The van der Waals surface area contributed by atoms with Crippen LogP contribution in [0.3, 0.4) is 0 Å². The van der Waals surface area contributed by atoms with Crippen molar-refractivity contribution in [1.82, 2.24) is 4.31 Å². The van der Waals surface area contributed by atoms with Gasteiger partial charge in [0.1, 0.15) is 5.82 Å². The first-order valence-electron chi connectivity index (χ1n) is 5.28. The van der Waals surface area contributed by atoms with Crippen molar-refractivity contribution in [1.29, 1.82) is 0 Å². The second kappa shape index (κ2) is 4.51. The summed E-state index contributed by atoms with van der Waals surface area (Å²) in [5.74, 6) is -0.547. The molecule has 0 aliphatic carbocycles. The van der Waals surface area contributed by atoms with E-state index in [0.29, 0.717) is 13.1 Å². The van der Waals surface area contributed by atoms with Crippen LogP contribution in [0.1, 0.15) is 19.3 Å². The lowest BCUT2D eigenvalue weighted by atomic mass is 10.2. The Balaban J connectivity index is 2.30. The summed E-state index contributed by atoms with van der Waals surface area (Å²) in [6.07, 6.45) is 2.79. The minimum Gasteiger partial charge on any atom is -0.207 e. The Morgan fingerprint density at radius 1 is 1.25 bits per heavy atom. The Bertz CT molecular complexity index is 467. The van der Waals surface area contributed by atoms with Gasteiger partial charge in [0, 0.05) is 19.2 Å². The summed E-state index contributed by atoms with van der Waals surface area (Å²) in [5, 5.41) is 0. The molecule has 0 spiro atoms. The summed E-state index contributed by atoms with van der Waals surface area (Å²) in [6.45, 7) is 1.04. The van der Waals surface area contributed by atoms with Crippen molar-refractivity contribution in [2.45, 2.75) is 24.2 Å². The molecule has 0 saturated carbocycles. The van der Waals surface area contributed by atoms with E-state index in [9.17, 15) is 12.8 Å². The summed E-state index contributed by atoms with van der Waals surface area (Å²) in [6, 6.07) is 6.08. The molecule has 16 heavy (non-hydrogen) atoms. The zero-order chi connectivity index (χ0) is 11.6. The number of piperidine rings is 1. The highest BCUT2D eigenvalue weighted by molar-refractivity contribution is 7.89. The van der Waals surface area contributed by atoms with Gasteiger partial charge in [-0.15, -0.1) is 0 Å². The summed E-state index contributed by atoms with van der Waals surface area (Å²) >= 11 is 0. The fourth-order valence-electron chi connectivity index (χ4n) is 1.81. The van der Waals surface area contributed by atoms with Crippen molar-refractivity contribution in [3.05, 3.63) is 30.1 Å². The molecular formula is C11H13FNO2S. The van der Waals surface area contributed by atoms with Crippen molar-refractivity contribution >= 4 is 10.0 Å². The Morgan fingerprint density at radius 2 is 1.94 bits per heavy atom. The molecule has 0 atom stereocenters. The predicted molar refractivity (Wildman–Crippen MR) is 57.8 cm³/mol. The highest BCUT2D eigenvalue weighted by Gasteiger charge is 2.26. The van der Waals surface area contributed by atoms with Gasteiger partial charge in [-0.1, -0.05) is 12.5 Å². The van der Waals surface area contributed by atoms with Gasteiger partial charge in [-0.05, 0) is 25.0 Å². The number of rotatable bonds is 2. The van der Waals surface area contributed by atoms with Gasteiger partial charge in [-0.25, -0.2) is 12.8 Å². The smallest absolute Gasteiger partial charge is 0.207 e. The molecule has 0 unspecified atom stereocenters. The van der Waals surface area contributed by atoms with E-state index in [0.717, 1.165) is 25.3 Å². The Morgan fingerprint density at radius 3 is 2.56 bits per heavy atom.